The van der Waals surface area contributed by atoms with Crippen LogP contribution in [0.1, 0.15) is 42.5 Å². The lowest BCUT2D eigenvalue weighted by atomic mass is 9.76. The molecule has 0 saturated heterocycles. The lowest BCUT2D eigenvalue weighted by Gasteiger charge is -2.27. The lowest BCUT2D eigenvalue weighted by Crippen LogP contribution is -2.18. The average molecular weight is 402 g/mol. The van der Waals surface area contributed by atoms with Crippen LogP contribution in [0.4, 0.5) is 5.69 Å². The summed E-state index contributed by atoms with van der Waals surface area (Å²) in [6, 6.07) is 24.6. The Balaban J connectivity index is 1.74. The van der Waals surface area contributed by atoms with Gasteiger partial charge in [0.2, 0.25) is 0 Å². The minimum atomic E-state index is -0.0454. The molecule has 2 aliphatic rings. The zero-order chi connectivity index (χ0) is 21.2. The smallest absolute Gasteiger partial charge is 0.0423 e. The molecule has 1 heteroatoms. The van der Waals surface area contributed by atoms with Crippen molar-refractivity contribution in [2.24, 2.45) is 0 Å². The highest BCUT2D eigenvalue weighted by Crippen LogP contribution is 2.56. The monoisotopic (exact) mass is 401 g/mol. The van der Waals surface area contributed by atoms with Crippen molar-refractivity contribution in [3.63, 3.8) is 0 Å². The number of nitrogens with one attached hydrogen (secondary N) is 1. The van der Waals surface area contributed by atoms with Crippen molar-refractivity contribution in [3.8, 4) is 22.3 Å². The van der Waals surface area contributed by atoms with Gasteiger partial charge in [0.15, 0.2) is 0 Å². The Kier molecular flexibility index (Phi) is 3.92. The molecule has 4 aromatic carbocycles. The summed E-state index contributed by atoms with van der Waals surface area (Å²) in [6.45, 7) is 4.81. The molecule has 1 N–H and O–H groups in total. The fourth-order valence-electron chi connectivity index (χ4n) is 5.86. The van der Waals surface area contributed by atoms with Crippen molar-refractivity contribution in [1.29, 1.82) is 0 Å². The molecule has 0 spiro atoms. The van der Waals surface area contributed by atoms with Gasteiger partial charge in [-0.2, -0.15) is 0 Å². The van der Waals surface area contributed by atoms with Crippen molar-refractivity contribution in [3.05, 3.63) is 95.1 Å². The van der Waals surface area contributed by atoms with Gasteiger partial charge in [-0.25, -0.2) is 0 Å². The molecule has 0 bridgehead atoms. The molecule has 6 rings (SSSR count). The second-order valence-corrected chi connectivity index (χ2v) is 9.31. The van der Waals surface area contributed by atoms with Crippen LogP contribution in [-0.2, 0) is 11.8 Å². The minimum Gasteiger partial charge on any atom is -0.388 e. The summed E-state index contributed by atoms with van der Waals surface area (Å²) < 4.78 is 0. The van der Waals surface area contributed by atoms with Gasteiger partial charge < -0.3 is 5.32 Å². The van der Waals surface area contributed by atoms with E-state index >= 15 is 0 Å². The molecule has 0 amide bonds. The van der Waals surface area contributed by atoms with Crippen LogP contribution in [0.5, 0.6) is 0 Å². The average Bonchev–Trinajstić information content (AvgIpc) is 3.06. The van der Waals surface area contributed by atoms with Gasteiger partial charge in [0.05, 0.1) is 0 Å². The van der Waals surface area contributed by atoms with Crippen LogP contribution in [0.25, 0.3) is 39.1 Å². The van der Waals surface area contributed by atoms with Gasteiger partial charge >= 0.3 is 0 Å². The summed E-state index contributed by atoms with van der Waals surface area (Å²) in [5.74, 6) is 0. The van der Waals surface area contributed by atoms with Crippen LogP contribution in [-0.4, -0.2) is 7.05 Å². The number of hydrogen-bond acceptors (Lipinski definition) is 1. The molecule has 0 atom stereocenters. The molecule has 0 fully saturated rings. The predicted molar refractivity (Wildman–Crippen MR) is 134 cm³/mol. The number of hydrogen-bond donors (Lipinski definition) is 1. The van der Waals surface area contributed by atoms with E-state index in [9.17, 15) is 0 Å². The maximum atomic E-state index is 3.48. The van der Waals surface area contributed by atoms with Crippen molar-refractivity contribution < 1.29 is 0 Å². The Labute approximate surface area is 184 Å². The molecule has 0 aromatic heterocycles. The van der Waals surface area contributed by atoms with Crippen LogP contribution in [0.15, 0.2) is 72.8 Å². The summed E-state index contributed by atoms with van der Waals surface area (Å²) in [4.78, 5) is 0. The van der Waals surface area contributed by atoms with Gasteiger partial charge in [-0.1, -0.05) is 80.6 Å². The van der Waals surface area contributed by atoms with Gasteiger partial charge in [0.25, 0.3) is 0 Å². The molecule has 0 unspecified atom stereocenters. The Morgan fingerprint density at radius 2 is 1.58 bits per heavy atom. The van der Waals surface area contributed by atoms with Gasteiger partial charge in [0.1, 0.15) is 0 Å². The molecule has 0 radical (unpaired) electrons. The third-order valence-electron chi connectivity index (χ3n) is 7.29. The van der Waals surface area contributed by atoms with Crippen LogP contribution >= 0.6 is 0 Å². The van der Waals surface area contributed by atoms with Crippen LogP contribution < -0.4 is 5.32 Å². The first-order valence-electron chi connectivity index (χ1n) is 11.3. The first kappa shape index (κ1) is 18.4. The van der Waals surface area contributed by atoms with E-state index in [0.29, 0.717) is 0 Å². The molecule has 0 saturated carbocycles. The van der Waals surface area contributed by atoms with E-state index in [0.717, 1.165) is 12.8 Å². The third-order valence-corrected chi connectivity index (χ3v) is 7.29. The topological polar surface area (TPSA) is 12.0 Å². The maximum Gasteiger partial charge on any atom is 0.0423 e. The largest absolute Gasteiger partial charge is 0.388 e. The fraction of sp³-hybridized carbons (Fsp3) is 0.200. The first-order chi connectivity index (χ1) is 15.1. The Bertz CT molecular complexity index is 1370. The van der Waals surface area contributed by atoms with Gasteiger partial charge in [0, 0.05) is 23.7 Å². The van der Waals surface area contributed by atoms with Gasteiger partial charge in [-0.05, 0) is 74.7 Å². The molecular formula is C30H27N. The second kappa shape index (κ2) is 6.59. The summed E-state index contributed by atoms with van der Waals surface area (Å²) in [5.41, 5.74) is 12.4. The van der Waals surface area contributed by atoms with Crippen molar-refractivity contribution >= 4 is 22.5 Å². The Hall–Kier alpha value is -3.32. The van der Waals surface area contributed by atoms with Crippen molar-refractivity contribution in [2.45, 2.75) is 32.1 Å². The van der Waals surface area contributed by atoms with E-state index in [1.807, 2.05) is 7.05 Å². The summed E-state index contributed by atoms with van der Waals surface area (Å²) in [7, 11) is 2.03. The lowest BCUT2D eigenvalue weighted by molar-refractivity contribution is 0.658. The number of allylic oxidation sites excluding steroid dienone is 1. The molecule has 1 nitrogen and oxygen atoms in total. The second-order valence-electron chi connectivity index (χ2n) is 9.31. The van der Waals surface area contributed by atoms with Crippen LogP contribution in [0.2, 0.25) is 0 Å². The third kappa shape index (κ3) is 2.50. The van der Waals surface area contributed by atoms with Crippen molar-refractivity contribution in [1.82, 2.24) is 0 Å². The van der Waals surface area contributed by atoms with E-state index in [2.05, 4.69) is 98.0 Å². The molecule has 0 aliphatic heterocycles. The molecular weight excluding hydrogens is 374 g/mol. The zero-order valence-corrected chi connectivity index (χ0v) is 18.4. The predicted octanol–water partition coefficient (Wildman–Crippen LogP) is 7.81. The quantitative estimate of drug-likeness (QED) is 0.361. The molecule has 152 valence electrons. The Morgan fingerprint density at radius 3 is 2.35 bits per heavy atom. The molecule has 31 heavy (non-hydrogen) atoms. The number of aryl methyl sites for hydroxylation is 1. The van der Waals surface area contributed by atoms with Crippen LogP contribution in [0.3, 0.4) is 0 Å². The summed E-state index contributed by atoms with van der Waals surface area (Å²) in [6.07, 6.45) is 6.99. The highest BCUT2D eigenvalue weighted by atomic mass is 14.8. The number of rotatable bonds is 2. The number of fused-ring (bicyclic) bond motifs is 8. The highest BCUT2D eigenvalue weighted by molar-refractivity contribution is 6.07. The zero-order valence-electron chi connectivity index (χ0n) is 18.4. The number of anilines is 1. The van der Waals surface area contributed by atoms with E-state index in [4.69, 9.17) is 0 Å². The molecule has 4 aromatic rings. The highest BCUT2D eigenvalue weighted by Gasteiger charge is 2.40. The van der Waals surface area contributed by atoms with E-state index in [-0.39, 0.29) is 5.41 Å². The SMILES string of the molecule is CNc1cc2c(cc1-c1ccccc1)C(C)(C)c1c3c(c4ccccc4c1-2)CCC=C3. The van der Waals surface area contributed by atoms with Gasteiger partial charge in [-0.15, -0.1) is 0 Å². The normalized spacial score (nSPS) is 15.5. The van der Waals surface area contributed by atoms with E-state index in [1.54, 1.807) is 0 Å². The van der Waals surface area contributed by atoms with Gasteiger partial charge in [-0.3, -0.25) is 0 Å². The summed E-state index contributed by atoms with van der Waals surface area (Å²) in [5, 5.41) is 6.29. The van der Waals surface area contributed by atoms with Crippen LogP contribution in [0, 0.1) is 0 Å². The first-order valence-corrected chi connectivity index (χ1v) is 11.3. The number of benzene rings is 4. The van der Waals surface area contributed by atoms with E-state index in [1.165, 1.54) is 61.0 Å². The maximum absolute atomic E-state index is 3.48. The summed E-state index contributed by atoms with van der Waals surface area (Å²) >= 11 is 0. The van der Waals surface area contributed by atoms with E-state index < -0.39 is 0 Å². The fourth-order valence-corrected chi connectivity index (χ4v) is 5.86. The standard InChI is InChI=1S/C30H27N/c1-30(2)26-17-24(19-11-5-4-6-12-19)27(31-3)18-25(26)28-22-15-9-7-13-20(22)21-14-8-10-16-23(21)29(28)30/h4-7,9-13,15-18,31H,8,14H2,1-3H3. The molecule has 0 heterocycles. The van der Waals surface area contributed by atoms with Crippen molar-refractivity contribution in [2.75, 3.05) is 12.4 Å². The Morgan fingerprint density at radius 1 is 0.839 bits per heavy atom. The minimum absolute atomic E-state index is 0.0454. The molecule has 2 aliphatic carbocycles.